The van der Waals surface area contributed by atoms with Gasteiger partial charge in [0.15, 0.2) is 5.54 Å². The van der Waals surface area contributed by atoms with E-state index in [1.807, 2.05) is 0 Å². The zero-order valence-electron chi connectivity index (χ0n) is 12.1. The van der Waals surface area contributed by atoms with E-state index >= 15 is 0 Å². The zero-order valence-corrected chi connectivity index (χ0v) is 12.1. The van der Waals surface area contributed by atoms with Crippen LogP contribution in [0.4, 0.5) is 0 Å². The first-order valence-corrected chi connectivity index (χ1v) is 6.22. The van der Waals surface area contributed by atoms with Crippen LogP contribution in [0.1, 0.15) is 38.4 Å². The quantitative estimate of drug-likeness (QED) is 0.807. The average Bonchev–Trinajstić information content (AvgIpc) is 2.26. The monoisotopic (exact) mass is 280 g/mol. The molecule has 1 aromatic rings. The molecule has 6 nitrogen and oxygen atoms in total. The smallest absolute Gasteiger partial charge is 0.331 e. The summed E-state index contributed by atoms with van der Waals surface area (Å²) in [5.74, 6) is -1.96. The molecule has 0 aliphatic rings. The summed E-state index contributed by atoms with van der Waals surface area (Å²) in [5, 5.41) is 9.00. The molecule has 0 unspecified atom stereocenters. The lowest BCUT2D eigenvalue weighted by Gasteiger charge is -2.30. The van der Waals surface area contributed by atoms with Gasteiger partial charge in [-0.2, -0.15) is 0 Å². The molecule has 1 aromatic heterocycles. The Bertz CT molecular complexity index is 505. The molecule has 20 heavy (non-hydrogen) atoms. The second kappa shape index (κ2) is 5.58. The molecule has 0 aromatic carbocycles. The number of hydrogen-bond donors (Lipinski definition) is 2. The van der Waals surface area contributed by atoms with Gasteiger partial charge in [0, 0.05) is 17.5 Å². The Hall–Kier alpha value is -1.95. The molecular weight excluding hydrogens is 260 g/mol. The molecule has 0 saturated heterocycles. The molecule has 1 atom stereocenters. The first kappa shape index (κ1) is 16.1. The van der Waals surface area contributed by atoms with Crippen LogP contribution in [0.2, 0.25) is 0 Å². The Morgan fingerprint density at radius 1 is 1.35 bits per heavy atom. The maximum Gasteiger partial charge on any atom is 0.331 e. The van der Waals surface area contributed by atoms with Crippen LogP contribution in [0, 0.1) is 6.92 Å². The molecule has 3 N–H and O–H groups in total. The van der Waals surface area contributed by atoms with Crippen molar-refractivity contribution in [3.63, 3.8) is 0 Å². The molecule has 0 saturated carbocycles. The van der Waals surface area contributed by atoms with Gasteiger partial charge in [-0.25, -0.2) is 4.79 Å². The van der Waals surface area contributed by atoms with Gasteiger partial charge in [0.2, 0.25) is 0 Å². The Morgan fingerprint density at radius 2 is 1.95 bits per heavy atom. The highest BCUT2D eigenvalue weighted by Gasteiger charge is 2.42. The van der Waals surface area contributed by atoms with E-state index in [1.54, 1.807) is 39.8 Å². The summed E-state index contributed by atoms with van der Waals surface area (Å²) in [6.07, 6.45) is 0.842. The third kappa shape index (κ3) is 4.03. The second-order valence-corrected chi connectivity index (χ2v) is 5.73. The number of rotatable bonds is 4. The van der Waals surface area contributed by atoms with Gasteiger partial charge in [-0.3, -0.25) is 9.78 Å². The number of esters is 1. The first-order chi connectivity index (χ1) is 9.04. The second-order valence-electron chi connectivity index (χ2n) is 5.73. The van der Waals surface area contributed by atoms with Crippen molar-refractivity contribution >= 4 is 11.9 Å². The van der Waals surface area contributed by atoms with E-state index in [1.165, 1.54) is 6.20 Å². The summed E-state index contributed by atoms with van der Waals surface area (Å²) in [4.78, 5) is 27.3. The Morgan fingerprint density at radius 3 is 2.35 bits per heavy atom. The zero-order chi connectivity index (χ0) is 15.6. The van der Waals surface area contributed by atoms with Crippen molar-refractivity contribution in [1.82, 2.24) is 4.98 Å². The number of carboxylic acid groups (broad SMARTS) is 1. The molecule has 0 aliphatic carbocycles. The van der Waals surface area contributed by atoms with Gasteiger partial charge in [-0.1, -0.05) is 6.07 Å². The first-order valence-electron chi connectivity index (χ1n) is 6.22. The topological polar surface area (TPSA) is 103 Å². The summed E-state index contributed by atoms with van der Waals surface area (Å²) in [6.45, 7) is 6.87. The van der Waals surface area contributed by atoms with E-state index in [2.05, 4.69) is 4.98 Å². The fraction of sp³-hybridized carbons (Fsp3) is 0.500. The molecule has 110 valence electrons. The largest absolute Gasteiger partial charge is 0.481 e. The number of carboxylic acids is 1. The fourth-order valence-electron chi connectivity index (χ4n) is 1.63. The highest BCUT2D eigenvalue weighted by molar-refractivity contribution is 5.87. The van der Waals surface area contributed by atoms with E-state index in [-0.39, 0.29) is 0 Å². The fourth-order valence-corrected chi connectivity index (χ4v) is 1.63. The summed E-state index contributed by atoms with van der Waals surface area (Å²) >= 11 is 0. The molecule has 0 spiro atoms. The number of ether oxygens (including phenoxy) is 1. The Kier molecular flexibility index (Phi) is 4.50. The summed E-state index contributed by atoms with van der Waals surface area (Å²) in [6, 6.07) is 3.26. The van der Waals surface area contributed by atoms with Crippen molar-refractivity contribution in [2.24, 2.45) is 5.73 Å². The maximum absolute atomic E-state index is 12.3. The summed E-state index contributed by atoms with van der Waals surface area (Å²) in [7, 11) is 0. The normalized spacial score (nSPS) is 14.4. The van der Waals surface area contributed by atoms with Gasteiger partial charge >= 0.3 is 11.9 Å². The predicted octanol–water partition coefficient (Wildman–Crippen LogP) is 1.36. The van der Waals surface area contributed by atoms with Crippen molar-refractivity contribution in [1.29, 1.82) is 0 Å². The number of aliphatic carboxylic acids is 1. The molecule has 0 amide bonds. The summed E-state index contributed by atoms with van der Waals surface area (Å²) in [5.41, 5.74) is 4.59. The van der Waals surface area contributed by atoms with Crippen LogP contribution in [0.25, 0.3) is 0 Å². The van der Waals surface area contributed by atoms with Crippen molar-refractivity contribution in [3.8, 4) is 0 Å². The number of carbonyl (C=O) groups excluding carboxylic acids is 1. The van der Waals surface area contributed by atoms with E-state index in [0.29, 0.717) is 5.56 Å². The van der Waals surface area contributed by atoms with E-state index < -0.39 is 29.5 Å². The van der Waals surface area contributed by atoms with Gasteiger partial charge in [-0.15, -0.1) is 0 Å². The third-order valence-electron chi connectivity index (χ3n) is 2.62. The van der Waals surface area contributed by atoms with Gasteiger partial charge in [-0.05, 0) is 33.8 Å². The number of aryl methyl sites for hydroxylation is 1. The lowest BCUT2D eigenvalue weighted by Crippen LogP contribution is -2.49. The van der Waals surface area contributed by atoms with Crippen LogP contribution in [-0.2, 0) is 19.9 Å². The highest BCUT2D eigenvalue weighted by Crippen LogP contribution is 2.26. The number of carbonyl (C=O) groups is 2. The van der Waals surface area contributed by atoms with E-state index in [0.717, 1.165) is 5.69 Å². The molecule has 6 heteroatoms. The predicted molar refractivity (Wildman–Crippen MR) is 72.9 cm³/mol. The van der Waals surface area contributed by atoms with Crippen molar-refractivity contribution in [2.75, 3.05) is 0 Å². The van der Waals surface area contributed by atoms with Gasteiger partial charge in [0.25, 0.3) is 0 Å². The molecule has 1 heterocycles. The molecule has 0 aliphatic heterocycles. The van der Waals surface area contributed by atoms with Gasteiger partial charge < -0.3 is 15.6 Å². The van der Waals surface area contributed by atoms with E-state index in [4.69, 9.17) is 15.6 Å². The third-order valence-corrected chi connectivity index (χ3v) is 2.62. The molecule has 0 bridgehead atoms. The van der Waals surface area contributed by atoms with Crippen LogP contribution < -0.4 is 5.73 Å². The van der Waals surface area contributed by atoms with E-state index in [9.17, 15) is 9.59 Å². The molecule has 1 rings (SSSR count). The minimum absolute atomic E-state index is 0.319. The van der Waals surface area contributed by atoms with Crippen LogP contribution >= 0.6 is 0 Å². The van der Waals surface area contributed by atoms with Crippen LogP contribution in [0.15, 0.2) is 18.3 Å². The van der Waals surface area contributed by atoms with Crippen LogP contribution in [-0.4, -0.2) is 27.6 Å². The van der Waals surface area contributed by atoms with Crippen molar-refractivity contribution < 1.29 is 19.4 Å². The van der Waals surface area contributed by atoms with Crippen molar-refractivity contribution in [3.05, 3.63) is 29.6 Å². The maximum atomic E-state index is 12.3. The minimum Gasteiger partial charge on any atom is -0.481 e. The SMILES string of the molecule is Cc1ccc([C@@](N)(CC(=O)O)C(=O)OC(C)(C)C)cn1. The molecular formula is C14H20N2O4. The van der Waals surface area contributed by atoms with Gasteiger partial charge in [0.05, 0.1) is 6.42 Å². The Balaban J connectivity index is 3.18. The number of aromatic nitrogens is 1. The highest BCUT2D eigenvalue weighted by atomic mass is 16.6. The number of nitrogens with two attached hydrogens (primary N) is 1. The van der Waals surface area contributed by atoms with Crippen LogP contribution in [0.3, 0.4) is 0 Å². The molecule has 0 fully saturated rings. The van der Waals surface area contributed by atoms with Crippen molar-refractivity contribution in [2.45, 2.75) is 45.3 Å². The number of hydrogen-bond acceptors (Lipinski definition) is 5. The lowest BCUT2D eigenvalue weighted by molar-refractivity contribution is -0.165. The standard InChI is InChI=1S/C14H20N2O4/c1-9-5-6-10(8-16-9)14(15,7-11(17)18)12(19)20-13(2,3)4/h5-6,8H,7,15H2,1-4H3,(H,17,18)/t14-/m0/s1. The minimum atomic E-state index is -1.75. The average molecular weight is 280 g/mol. The number of nitrogens with zero attached hydrogens (tertiary/aromatic N) is 1. The Labute approximate surface area is 118 Å². The molecule has 0 radical (unpaired) electrons. The van der Waals surface area contributed by atoms with Crippen LogP contribution in [0.5, 0.6) is 0 Å². The van der Waals surface area contributed by atoms with Gasteiger partial charge in [0.1, 0.15) is 5.60 Å². The summed E-state index contributed by atoms with van der Waals surface area (Å²) < 4.78 is 5.23. The lowest BCUT2D eigenvalue weighted by atomic mass is 9.88. The number of pyridine rings is 1.